The third kappa shape index (κ3) is 6.07. The maximum Gasteiger partial charge on any atom is 0.336 e. The highest BCUT2D eigenvalue weighted by atomic mass is 16.5. The zero-order chi connectivity index (χ0) is 22.3. The molecule has 2 heterocycles. The van der Waals surface area contributed by atoms with Crippen molar-refractivity contribution in [2.45, 2.75) is 13.0 Å². The fourth-order valence-corrected chi connectivity index (χ4v) is 3.99. The number of β-amino-alcohol motifs (C(OH)–C–C–N with tert-alkyl or cyclic N) is 1. The smallest absolute Gasteiger partial charge is 0.336 e. The van der Waals surface area contributed by atoms with Crippen molar-refractivity contribution in [2.75, 3.05) is 45.9 Å². The van der Waals surface area contributed by atoms with Crippen molar-refractivity contribution >= 4 is 17.0 Å². The van der Waals surface area contributed by atoms with Gasteiger partial charge in [0.25, 0.3) is 0 Å². The number of aliphatic hydroxyl groups is 1. The zero-order valence-corrected chi connectivity index (χ0v) is 18.4. The lowest BCUT2D eigenvalue weighted by atomic mass is 10.1. The highest BCUT2D eigenvalue weighted by molar-refractivity contribution is 5.81. The van der Waals surface area contributed by atoms with Gasteiger partial charge in [0.15, 0.2) is 0 Å². The Balaban J connectivity index is 1.20. The lowest BCUT2D eigenvalue weighted by molar-refractivity contribution is 0.0482. The van der Waals surface area contributed by atoms with Crippen LogP contribution >= 0.6 is 0 Å². The summed E-state index contributed by atoms with van der Waals surface area (Å²) in [7, 11) is 0. The topological polar surface area (TPSA) is 66.2 Å². The molecule has 0 spiro atoms. The standard InChI is InChI=1S/C26H30N2O4/c1-20-16-26(30)32-25-17-23(9-10-24(20)25)31-19-22(29)18-28-14-12-27(13-15-28)11-5-8-21-6-3-2-4-7-21/h2-10,16-17,22,29H,11-15,18-19H2,1H3/b8-5+/t22-/m0/s1. The number of fused-ring (bicyclic) bond motifs is 1. The van der Waals surface area contributed by atoms with E-state index in [-0.39, 0.29) is 12.2 Å². The van der Waals surface area contributed by atoms with Gasteiger partial charge in [-0.1, -0.05) is 42.5 Å². The van der Waals surface area contributed by atoms with E-state index in [4.69, 9.17) is 9.15 Å². The summed E-state index contributed by atoms with van der Waals surface area (Å²) in [5.41, 5.74) is 2.22. The molecule has 32 heavy (non-hydrogen) atoms. The summed E-state index contributed by atoms with van der Waals surface area (Å²) in [6, 6.07) is 17.2. The molecule has 1 atom stereocenters. The monoisotopic (exact) mass is 434 g/mol. The predicted octanol–water partition coefficient (Wildman–Crippen LogP) is 3.17. The van der Waals surface area contributed by atoms with E-state index in [2.05, 4.69) is 34.1 Å². The summed E-state index contributed by atoms with van der Waals surface area (Å²) in [5.74, 6) is 0.584. The van der Waals surface area contributed by atoms with Crippen molar-refractivity contribution in [2.24, 2.45) is 0 Å². The van der Waals surface area contributed by atoms with Gasteiger partial charge in [0, 0.05) is 56.8 Å². The van der Waals surface area contributed by atoms with Gasteiger partial charge in [-0.05, 0) is 30.2 Å². The van der Waals surface area contributed by atoms with Gasteiger partial charge in [-0.3, -0.25) is 9.80 Å². The summed E-state index contributed by atoms with van der Waals surface area (Å²) >= 11 is 0. The summed E-state index contributed by atoms with van der Waals surface area (Å²) in [6.45, 7) is 7.41. The molecule has 6 heteroatoms. The second-order valence-corrected chi connectivity index (χ2v) is 8.29. The van der Waals surface area contributed by atoms with E-state index in [1.165, 1.54) is 11.6 Å². The fraction of sp³-hybridized carbons (Fsp3) is 0.346. The first-order valence-electron chi connectivity index (χ1n) is 11.1. The average Bonchev–Trinajstić information content (AvgIpc) is 2.79. The normalized spacial score (nSPS) is 16.6. The Hall–Kier alpha value is -2.93. The average molecular weight is 435 g/mol. The second kappa shape index (κ2) is 10.6. The second-order valence-electron chi connectivity index (χ2n) is 8.29. The molecule has 0 radical (unpaired) electrons. The number of hydrogen-bond donors (Lipinski definition) is 1. The van der Waals surface area contributed by atoms with Gasteiger partial charge < -0.3 is 14.3 Å². The Morgan fingerprint density at radius 3 is 2.59 bits per heavy atom. The van der Waals surface area contributed by atoms with E-state index in [0.717, 1.165) is 43.7 Å². The van der Waals surface area contributed by atoms with E-state index < -0.39 is 6.10 Å². The van der Waals surface area contributed by atoms with Gasteiger partial charge in [0.2, 0.25) is 0 Å². The van der Waals surface area contributed by atoms with E-state index >= 15 is 0 Å². The van der Waals surface area contributed by atoms with Crippen LogP contribution in [0.3, 0.4) is 0 Å². The number of ether oxygens (including phenoxy) is 1. The minimum atomic E-state index is -0.584. The first-order valence-corrected chi connectivity index (χ1v) is 11.1. The minimum Gasteiger partial charge on any atom is -0.491 e. The Morgan fingerprint density at radius 1 is 1.06 bits per heavy atom. The molecular formula is C26H30N2O4. The first-order chi connectivity index (χ1) is 15.6. The van der Waals surface area contributed by atoms with E-state index in [1.54, 1.807) is 6.07 Å². The van der Waals surface area contributed by atoms with Gasteiger partial charge in [0.1, 0.15) is 24.0 Å². The molecule has 0 saturated carbocycles. The molecule has 0 unspecified atom stereocenters. The molecule has 1 fully saturated rings. The molecule has 2 aromatic carbocycles. The van der Waals surface area contributed by atoms with Crippen molar-refractivity contribution in [3.63, 3.8) is 0 Å². The Morgan fingerprint density at radius 2 is 1.81 bits per heavy atom. The minimum absolute atomic E-state index is 0.196. The van der Waals surface area contributed by atoms with Crippen LogP contribution in [-0.4, -0.2) is 66.9 Å². The van der Waals surface area contributed by atoms with Gasteiger partial charge in [-0.25, -0.2) is 4.79 Å². The van der Waals surface area contributed by atoms with E-state index in [9.17, 15) is 9.90 Å². The molecule has 1 aliphatic heterocycles. The molecule has 4 rings (SSSR count). The molecule has 3 aromatic rings. The summed E-state index contributed by atoms with van der Waals surface area (Å²) in [5, 5.41) is 11.3. The highest BCUT2D eigenvalue weighted by Gasteiger charge is 2.19. The van der Waals surface area contributed by atoms with Crippen LogP contribution < -0.4 is 10.4 Å². The van der Waals surface area contributed by atoms with Crippen LogP contribution in [-0.2, 0) is 0 Å². The quantitative estimate of drug-likeness (QED) is 0.550. The molecular weight excluding hydrogens is 404 g/mol. The number of aryl methyl sites for hydroxylation is 1. The molecule has 0 bridgehead atoms. The van der Waals surface area contributed by atoms with Crippen molar-refractivity contribution < 1.29 is 14.3 Å². The molecule has 0 aliphatic carbocycles. The lowest BCUT2D eigenvalue weighted by Gasteiger charge is -2.35. The molecule has 168 valence electrons. The van der Waals surface area contributed by atoms with Crippen LogP contribution in [0.5, 0.6) is 5.75 Å². The number of piperazine rings is 1. The zero-order valence-electron chi connectivity index (χ0n) is 18.4. The Labute approximate surface area is 188 Å². The van der Waals surface area contributed by atoms with Crippen molar-refractivity contribution in [1.82, 2.24) is 9.80 Å². The third-order valence-corrected chi connectivity index (χ3v) is 5.77. The molecule has 6 nitrogen and oxygen atoms in total. The first kappa shape index (κ1) is 22.3. The Bertz CT molecular complexity index is 1100. The number of aliphatic hydroxyl groups excluding tert-OH is 1. The van der Waals surface area contributed by atoms with Crippen LogP contribution in [0.15, 0.2) is 69.9 Å². The number of benzene rings is 2. The van der Waals surface area contributed by atoms with Crippen LogP contribution in [0.4, 0.5) is 0 Å². The van der Waals surface area contributed by atoms with Crippen LogP contribution in [0.2, 0.25) is 0 Å². The molecule has 0 amide bonds. The van der Waals surface area contributed by atoms with Crippen molar-refractivity contribution in [3.05, 3.63) is 82.2 Å². The number of nitrogens with zero attached hydrogens (tertiary/aromatic N) is 2. The van der Waals surface area contributed by atoms with Crippen LogP contribution in [0, 0.1) is 6.92 Å². The Kier molecular flexibility index (Phi) is 7.37. The molecule has 1 aliphatic rings. The van der Waals surface area contributed by atoms with Gasteiger partial charge >= 0.3 is 5.63 Å². The number of rotatable bonds is 8. The lowest BCUT2D eigenvalue weighted by Crippen LogP contribution is -2.49. The fourth-order valence-electron chi connectivity index (χ4n) is 3.99. The van der Waals surface area contributed by atoms with Crippen molar-refractivity contribution in [3.8, 4) is 5.75 Å². The number of hydrogen-bond acceptors (Lipinski definition) is 6. The summed E-state index contributed by atoms with van der Waals surface area (Å²) in [6.07, 6.45) is 3.79. The van der Waals surface area contributed by atoms with E-state index in [0.29, 0.717) is 17.9 Å². The molecule has 1 aromatic heterocycles. The van der Waals surface area contributed by atoms with Crippen LogP contribution in [0.1, 0.15) is 11.1 Å². The van der Waals surface area contributed by atoms with E-state index in [1.807, 2.05) is 37.3 Å². The SMILES string of the molecule is Cc1cc(=O)oc2cc(OC[C@@H](O)CN3CCN(C/C=C/c4ccccc4)CC3)ccc12. The highest BCUT2D eigenvalue weighted by Crippen LogP contribution is 2.22. The van der Waals surface area contributed by atoms with Gasteiger partial charge in [-0.2, -0.15) is 0 Å². The predicted molar refractivity (Wildman–Crippen MR) is 127 cm³/mol. The largest absolute Gasteiger partial charge is 0.491 e. The maximum absolute atomic E-state index is 11.6. The van der Waals surface area contributed by atoms with Crippen molar-refractivity contribution in [1.29, 1.82) is 0 Å². The summed E-state index contributed by atoms with van der Waals surface area (Å²) in [4.78, 5) is 16.3. The third-order valence-electron chi connectivity index (χ3n) is 5.77. The van der Waals surface area contributed by atoms with Gasteiger partial charge in [-0.15, -0.1) is 0 Å². The maximum atomic E-state index is 11.6. The summed E-state index contributed by atoms with van der Waals surface area (Å²) < 4.78 is 11.0. The molecule has 1 saturated heterocycles. The van der Waals surface area contributed by atoms with Gasteiger partial charge in [0.05, 0.1) is 0 Å². The van der Waals surface area contributed by atoms with Crippen LogP contribution in [0.25, 0.3) is 17.0 Å². The molecule has 1 N–H and O–H groups in total.